The fourth-order valence-electron chi connectivity index (χ4n) is 4.25. The van der Waals surface area contributed by atoms with Gasteiger partial charge < -0.3 is 9.88 Å². The van der Waals surface area contributed by atoms with E-state index in [1.807, 2.05) is 30.3 Å². The van der Waals surface area contributed by atoms with Crippen molar-refractivity contribution in [3.05, 3.63) is 94.2 Å². The van der Waals surface area contributed by atoms with E-state index in [2.05, 4.69) is 14.8 Å². The molecule has 0 radical (unpaired) electrons. The molecule has 2 heterocycles. The highest BCUT2D eigenvalue weighted by Crippen LogP contribution is 2.32. The van der Waals surface area contributed by atoms with Gasteiger partial charge in [-0.2, -0.15) is 0 Å². The molecule has 8 heteroatoms. The van der Waals surface area contributed by atoms with Gasteiger partial charge in [0.15, 0.2) is 0 Å². The van der Waals surface area contributed by atoms with Crippen LogP contribution in [0.5, 0.6) is 0 Å². The van der Waals surface area contributed by atoms with Crippen molar-refractivity contribution in [2.75, 3.05) is 31.1 Å². The van der Waals surface area contributed by atoms with Crippen molar-refractivity contribution in [3.63, 3.8) is 0 Å². The minimum atomic E-state index is -0.342. The van der Waals surface area contributed by atoms with Gasteiger partial charge in [0.25, 0.3) is 0 Å². The third-order valence-electron chi connectivity index (χ3n) is 5.98. The van der Waals surface area contributed by atoms with Crippen molar-refractivity contribution < 1.29 is 8.78 Å². The quantitative estimate of drug-likeness (QED) is 0.334. The van der Waals surface area contributed by atoms with E-state index in [0.29, 0.717) is 39.1 Å². The normalized spacial score (nSPS) is 14.5. The first kappa shape index (κ1) is 22.8. The van der Waals surface area contributed by atoms with Crippen LogP contribution in [0.3, 0.4) is 0 Å². The molecule has 5 rings (SSSR count). The monoisotopic (exact) mass is 498 g/mol. The van der Waals surface area contributed by atoms with Crippen LogP contribution in [0, 0.1) is 11.6 Å². The Bertz CT molecular complexity index is 1250. The van der Waals surface area contributed by atoms with Crippen LogP contribution >= 0.6 is 23.2 Å². The fraction of sp³-hybridized carbons (Fsp3) is 0.192. The minimum absolute atomic E-state index is 0.336. The third-order valence-corrected chi connectivity index (χ3v) is 6.72. The third kappa shape index (κ3) is 4.94. The summed E-state index contributed by atoms with van der Waals surface area (Å²) in [4.78, 5) is 12.7. The molecule has 1 aliphatic rings. The summed E-state index contributed by atoms with van der Waals surface area (Å²) in [5, 5.41) is 1.09. The van der Waals surface area contributed by atoms with Gasteiger partial charge in [0, 0.05) is 43.0 Å². The number of hydrogen-bond acceptors (Lipinski definition) is 3. The topological polar surface area (TPSA) is 35.2 Å². The van der Waals surface area contributed by atoms with Gasteiger partial charge in [-0.05, 0) is 42.5 Å². The van der Waals surface area contributed by atoms with Crippen LogP contribution in [0.2, 0.25) is 10.0 Å². The highest BCUT2D eigenvalue weighted by atomic mass is 35.5. The molecule has 0 spiro atoms. The lowest BCUT2D eigenvalue weighted by Crippen LogP contribution is -2.46. The van der Waals surface area contributed by atoms with Crippen LogP contribution < -0.4 is 4.90 Å². The second-order valence-electron chi connectivity index (χ2n) is 8.29. The van der Waals surface area contributed by atoms with Gasteiger partial charge in [0.1, 0.15) is 17.5 Å². The summed E-state index contributed by atoms with van der Waals surface area (Å²) in [6.07, 6.45) is 0. The number of rotatable bonds is 5. The summed E-state index contributed by atoms with van der Waals surface area (Å²) in [5.74, 6) is 0.0736. The van der Waals surface area contributed by atoms with E-state index in [4.69, 9.17) is 28.2 Å². The largest absolute Gasteiger partial charge is 0.369 e. The molecule has 0 unspecified atom stereocenters. The summed E-state index contributed by atoms with van der Waals surface area (Å²) in [6, 6.07) is 18.3. The number of hydrogen-bond donors (Lipinski definition) is 1. The van der Waals surface area contributed by atoms with Crippen molar-refractivity contribution >= 4 is 28.9 Å². The Morgan fingerprint density at radius 2 is 1.47 bits per heavy atom. The number of halogens is 4. The molecule has 174 valence electrons. The summed E-state index contributed by atoms with van der Waals surface area (Å²) in [6.45, 7) is 3.96. The van der Waals surface area contributed by atoms with Crippen molar-refractivity contribution in [2.45, 2.75) is 6.54 Å². The Morgan fingerprint density at radius 1 is 0.794 bits per heavy atom. The number of benzene rings is 3. The maximum atomic E-state index is 13.9. The predicted molar refractivity (Wildman–Crippen MR) is 133 cm³/mol. The number of imidazole rings is 1. The van der Waals surface area contributed by atoms with E-state index in [0.717, 1.165) is 37.7 Å². The molecule has 1 fully saturated rings. The van der Waals surface area contributed by atoms with Crippen molar-refractivity contribution in [1.29, 1.82) is 0 Å². The van der Waals surface area contributed by atoms with Crippen molar-refractivity contribution in [2.24, 2.45) is 0 Å². The first-order chi connectivity index (χ1) is 16.5. The summed E-state index contributed by atoms with van der Waals surface area (Å²) in [7, 11) is 0. The summed E-state index contributed by atoms with van der Waals surface area (Å²) >= 11 is 12.2. The Hall–Kier alpha value is -2.93. The first-order valence-electron chi connectivity index (χ1n) is 11.0. The molecule has 3 aromatic carbocycles. The maximum Gasteiger partial charge on any atom is 0.123 e. The molecule has 0 bridgehead atoms. The zero-order valence-electron chi connectivity index (χ0n) is 18.2. The lowest BCUT2D eigenvalue weighted by molar-refractivity contribution is 0.245. The van der Waals surface area contributed by atoms with E-state index in [1.54, 1.807) is 12.1 Å². The van der Waals surface area contributed by atoms with E-state index in [9.17, 15) is 8.78 Å². The van der Waals surface area contributed by atoms with Crippen LogP contribution in [0.25, 0.3) is 22.5 Å². The Labute approximate surface area is 206 Å². The molecule has 0 aliphatic carbocycles. The smallest absolute Gasteiger partial charge is 0.123 e. The van der Waals surface area contributed by atoms with E-state index < -0.39 is 0 Å². The average Bonchev–Trinajstić information content (AvgIpc) is 3.25. The van der Waals surface area contributed by atoms with E-state index >= 15 is 0 Å². The Kier molecular flexibility index (Phi) is 6.55. The maximum absolute atomic E-state index is 13.9. The number of piperazine rings is 1. The standard InChI is InChI=1S/C26H22Cl2F2N4/c27-22-8-7-21(15-23(22)28)34-11-9-33(10-12-34)16-24-31-25(17-3-1-5-19(29)13-17)26(32-24)18-4-2-6-20(30)14-18/h1-8,13-15H,9-12,16H2,(H,31,32). The second-order valence-corrected chi connectivity index (χ2v) is 9.10. The van der Waals surface area contributed by atoms with Crippen LogP contribution in [0.1, 0.15) is 5.82 Å². The lowest BCUT2D eigenvalue weighted by Gasteiger charge is -2.35. The number of aromatic amines is 1. The number of anilines is 1. The van der Waals surface area contributed by atoms with Crippen LogP contribution in [-0.4, -0.2) is 41.0 Å². The molecule has 1 aromatic heterocycles. The highest BCUT2D eigenvalue weighted by molar-refractivity contribution is 6.42. The van der Waals surface area contributed by atoms with Crippen molar-refractivity contribution in [3.8, 4) is 22.5 Å². The molecule has 34 heavy (non-hydrogen) atoms. The van der Waals surface area contributed by atoms with E-state index in [1.165, 1.54) is 24.3 Å². The Balaban J connectivity index is 1.36. The van der Waals surface area contributed by atoms with Gasteiger partial charge in [-0.3, -0.25) is 4.90 Å². The predicted octanol–water partition coefficient (Wildman–Crippen LogP) is 6.65. The van der Waals surface area contributed by atoms with Gasteiger partial charge in [0.2, 0.25) is 0 Å². The van der Waals surface area contributed by atoms with Gasteiger partial charge in [-0.1, -0.05) is 47.5 Å². The van der Waals surface area contributed by atoms with Crippen LogP contribution in [0.4, 0.5) is 14.5 Å². The van der Waals surface area contributed by atoms with Crippen LogP contribution in [0.15, 0.2) is 66.7 Å². The average molecular weight is 499 g/mol. The molecule has 1 aliphatic heterocycles. The van der Waals surface area contributed by atoms with Gasteiger partial charge in [-0.15, -0.1) is 0 Å². The van der Waals surface area contributed by atoms with E-state index in [-0.39, 0.29) is 11.6 Å². The van der Waals surface area contributed by atoms with Gasteiger partial charge in [0.05, 0.1) is 28.0 Å². The number of nitrogens with one attached hydrogen (secondary N) is 1. The number of nitrogens with zero attached hydrogens (tertiary/aromatic N) is 3. The molecule has 0 amide bonds. The minimum Gasteiger partial charge on any atom is -0.369 e. The Morgan fingerprint density at radius 3 is 2.15 bits per heavy atom. The molecule has 0 saturated carbocycles. The lowest BCUT2D eigenvalue weighted by atomic mass is 10.0. The zero-order chi connectivity index (χ0) is 23.7. The molecule has 0 atom stereocenters. The molecular weight excluding hydrogens is 477 g/mol. The van der Waals surface area contributed by atoms with Crippen LogP contribution in [-0.2, 0) is 6.54 Å². The van der Waals surface area contributed by atoms with Gasteiger partial charge in [-0.25, -0.2) is 13.8 Å². The number of H-pyrrole nitrogens is 1. The molecule has 1 N–H and O–H groups in total. The SMILES string of the molecule is Fc1cccc(-c2nc(CN3CCN(c4ccc(Cl)c(Cl)c4)CC3)[nH]c2-c2cccc(F)c2)c1. The molecular formula is C26H22Cl2F2N4. The molecule has 4 aromatic rings. The number of aromatic nitrogens is 2. The van der Waals surface area contributed by atoms with Crippen molar-refractivity contribution in [1.82, 2.24) is 14.9 Å². The van der Waals surface area contributed by atoms with Gasteiger partial charge >= 0.3 is 0 Å². The summed E-state index contributed by atoms with van der Waals surface area (Å²) in [5.41, 5.74) is 3.64. The zero-order valence-corrected chi connectivity index (χ0v) is 19.8. The fourth-order valence-corrected chi connectivity index (χ4v) is 4.54. The second kappa shape index (κ2) is 9.74. The summed E-state index contributed by atoms with van der Waals surface area (Å²) < 4.78 is 27.9. The molecule has 4 nitrogen and oxygen atoms in total. The molecule has 1 saturated heterocycles. The highest BCUT2D eigenvalue weighted by Gasteiger charge is 2.21. The first-order valence-corrected chi connectivity index (χ1v) is 11.7.